The van der Waals surface area contributed by atoms with Crippen molar-refractivity contribution in [1.29, 1.82) is 5.26 Å². The van der Waals surface area contributed by atoms with E-state index in [-0.39, 0.29) is 0 Å². The van der Waals surface area contributed by atoms with Gasteiger partial charge >= 0.3 is 0 Å². The van der Waals surface area contributed by atoms with Crippen molar-refractivity contribution in [3.8, 4) is 23.2 Å². The van der Waals surface area contributed by atoms with Gasteiger partial charge in [-0.15, -0.1) is 0 Å². The Balaban J connectivity index is 1.94. The summed E-state index contributed by atoms with van der Waals surface area (Å²) in [6.07, 6.45) is 3.92. The van der Waals surface area contributed by atoms with Gasteiger partial charge in [0, 0.05) is 18.0 Å². The van der Waals surface area contributed by atoms with Gasteiger partial charge in [-0.25, -0.2) is 4.98 Å². The summed E-state index contributed by atoms with van der Waals surface area (Å²) in [5.74, 6) is 1.63. The molecule has 0 spiro atoms. The van der Waals surface area contributed by atoms with Crippen LogP contribution in [0.2, 0.25) is 0 Å². The highest BCUT2D eigenvalue weighted by Gasteiger charge is 2.18. The number of nitriles is 1. The minimum atomic E-state index is 0.651. The van der Waals surface area contributed by atoms with E-state index in [0.717, 1.165) is 39.2 Å². The van der Waals surface area contributed by atoms with Gasteiger partial charge in [0.1, 0.15) is 23.3 Å². The molecule has 0 saturated carbocycles. The number of benzene rings is 1. The number of ether oxygens (including phenoxy) is 1. The zero-order valence-electron chi connectivity index (χ0n) is 14.0. The molecule has 0 atom stereocenters. The first kappa shape index (κ1) is 14.6. The summed E-state index contributed by atoms with van der Waals surface area (Å²) < 4.78 is 9.27. The van der Waals surface area contributed by atoms with Crippen LogP contribution in [0.3, 0.4) is 0 Å². The van der Waals surface area contributed by atoms with Crippen molar-refractivity contribution < 1.29 is 4.74 Å². The summed E-state index contributed by atoms with van der Waals surface area (Å²) in [7, 11) is 1.65. The Kier molecular flexibility index (Phi) is 3.00. The molecule has 0 aliphatic heterocycles. The molecule has 0 radical (unpaired) electrons. The van der Waals surface area contributed by atoms with Crippen molar-refractivity contribution >= 4 is 22.1 Å². The van der Waals surface area contributed by atoms with Gasteiger partial charge < -0.3 is 9.14 Å². The number of hydrogen-bond acceptors (Lipinski definition) is 3. The Morgan fingerprint density at radius 2 is 1.69 bits per heavy atom. The molecule has 1 aromatic carbocycles. The fourth-order valence-electron chi connectivity index (χ4n) is 3.52. The lowest BCUT2D eigenvalue weighted by molar-refractivity contribution is 0.415. The van der Waals surface area contributed by atoms with E-state index in [1.54, 1.807) is 7.11 Å². The maximum Gasteiger partial charge on any atom is 0.150 e. The third-order valence-corrected chi connectivity index (χ3v) is 4.72. The van der Waals surface area contributed by atoms with E-state index < -0.39 is 0 Å². The third kappa shape index (κ3) is 1.87. The molecule has 0 unspecified atom stereocenters. The van der Waals surface area contributed by atoms with Crippen LogP contribution < -0.4 is 4.74 Å². The van der Waals surface area contributed by atoms with Gasteiger partial charge in [-0.2, -0.15) is 5.26 Å². The Hall–Kier alpha value is -3.78. The molecule has 26 heavy (non-hydrogen) atoms. The number of rotatable bonds is 2. The number of hydrogen-bond donors (Lipinski definition) is 0. The predicted molar refractivity (Wildman–Crippen MR) is 100 cm³/mol. The van der Waals surface area contributed by atoms with Crippen molar-refractivity contribution in [3.63, 3.8) is 0 Å². The standard InChI is InChI=1S/C21H14N4O/c1-26-15-9-7-14(8-10-15)20-23-21-19(18-6-4-12-25(18)20)16(13-22)17-5-2-3-11-24(17)21/h2-12H,1H3. The molecular formula is C21H14N4O. The van der Waals surface area contributed by atoms with Crippen LogP contribution in [0.1, 0.15) is 5.56 Å². The molecule has 0 aliphatic carbocycles. The van der Waals surface area contributed by atoms with Crippen LogP contribution >= 0.6 is 0 Å². The van der Waals surface area contributed by atoms with Crippen LogP contribution in [-0.2, 0) is 0 Å². The zero-order valence-corrected chi connectivity index (χ0v) is 14.0. The summed E-state index contributed by atoms with van der Waals surface area (Å²) >= 11 is 0. The maximum absolute atomic E-state index is 9.75. The summed E-state index contributed by atoms with van der Waals surface area (Å²) in [6, 6.07) is 20.0. The Bertz CT molecular complexity index is 1320. The molecule has 0 N–H and O–H groups in total. The van der Waals surface area contributed by atoms with Crippen LogP contribution in [-0.4, -0.2) is 20.9 Å². The average molecular weight is 338 g/mol. The highest BCUT2D eigenvalue weighted by atomic mass is 16.5. The molecule has 124 valence electrons. The molecule has 0 fully saturated rings. The quantitative estimate of drug-likeness (QED) is 0.482. The lowest BCUT2D eigenvalue weighted by atomic mass is 10.1. The van der Waals surface area contributed by atoms with Crippen LogP contribution in [0.5, 0.6) is 5.75 Å². The molecule has 4 heterocycles. The maximum atomic E-state index is 9.75. The number of aromatic nitrogens is 3. The van der Waals surface area contributed by atoms with Crippen LogP contribution in [0.15, 0.2) is 67.0 Å². The van der Waals surface area contributed by atoms with Gasteiger partial charge in [0.05, 0.1) is 29.1 Å². The molecule has 5 nitrogen and oxygen atoms in total. The average Bonchev–Trinajstić information content (AvgIpc) is 3.30. The van der Waals surface area contributed by atoms with Gasteiger partial charge in [-0.1, -0.05) is 6.07 Å². The van der Waals surface area contributed by atoms with E-state index in [9.17, 15) is 5.26 Å². The van der Waals surface area contributed by atoms with Crippen molar-refractivity contribution in [2.24, 2.45) is 0 Å². The lowest BCUT2D eigenvalue weighted by Crippen LogP contribution is -1.97. The summed E-state index contributed by atoms with van der Waals surface area (Å²) in [5.41, 5.74) is 4.26. The second-order valence-electron chi connectivity index (χ2n) is 6.07. The fraction of sp³-hybridized carbons (Fsp3) is 0.0476. The van der Waals surface area contributed by atoms with E-state index in [4.69, 9.17) is 9.72 Å². The molecule has 0 aliphatic rings. The minimum Gasteiger partial charge on any atom is -0.497 e. The second-order valence-corrected chi connectivity index (χ2v) is 6.07. The van der Waals surface area contributed by atoms with Gasteiger partial charge in [0.2, 0.25) is 0 Å². The molecular weight excluding hydrogens is 324 g/mol. The number of nitrogens with zero attached hydrogens (tertiary/aromatic N) is 4. The summed E-state index contributed by atoms with van der Waals surface area (Å²) in [4.78, 5) is 4.93. The van der Waals surface area contributed by atoms with Gasteiger partial charge in [0.25, 0.3) is 0 Å². The smallest absolute Gasteiger partial charge is 0.150 e. The highest BCUT2D eigenvalue weighted by Crippen LogP contribution is 2.32. The van der Waals surface area contributed by atoms with Crippen LogP contribution in [0, 0.1) is 11.3 Å². The van der Waals surface area contributed by atoms with Crippen LogP contribution in [0.25, 0.3) is 33.5 Å². The van der Waals surface area contributed by atoms with Crippen molar-refractivity contribution in [2.45, 2.75) is 0 Å². The van der Waals surface area contributed by atoms with Gasteiger partial charge in [-0.3, -0.25) is 4.40 Å². The minimum absolute atomic E-state index is 0.651. The molecule has 4 aromatic heterocycles. The number of methoxy groups -OCH3 is 1. The number of fused-ring (bicyclic) bond motifs is 5. The van der Waals surface area contributed by atoms with Gasteiger partial charge in [0.15, 0.2) is 0 Å². The van der Waals surface area contributed by atoms with E-state index in [0.29, 0.717) is 5.56 Å². The van der Waals surface area contributed by atoms with Crippen molar-refractivity contribution in [2.75, 3.05) is 7.11 Å². The van der Waals surface area contributed by atoms with E-state index >= 15 is 0 Å². The van der Waals surface area contributed by atoms with E-state index in [1.165, 1.54) is 0 Å². The van der Waals surface area contributed by atoms with Gasteiger partial charge in [-0.05, 0) is 48.5 Å². The summed E-state index contributed by atoms with van der Waals surface area (Å²) in [6.45, 7) is 0. The van der Waals surface area contributed by atoms with E-state index in [1.807, 2.05) is 75.8 Å². The Morgan fingerprint density at radius 1 is 0.923 bits per heavy atom. The lowest BCUT2D eigenvalue weighted by Gasteiger charge is -2.08. The second kappa shape index (κ2) is 5.36. The highest BCUT2D eigenvalue weighted by molar-refractivity contribution is 6.04. The first-order chi connectivity index (χ1) is 12.8. The predicted octanol–water partition coefficient (Wildman–Crippen LogP) is 4.29. The number of pyridine rings is 1. The molecule has 0 saturated heterocycles. The Labute approximate surface area is 149 Å². The Morgan fingerprint density at radius 3 is 2.46 bits per heavy atom. The monoisotopic (exact) mass is 338 g/mol. The molecule has 0 bridgehead atoms. The fourth-order valence-corrected chi connectivity index (χ4v) is 3.52. The largest absolute Gasteiger partial charge is 0.497 e. The van der Waals surface area contributed by atoms with Crippen molar-refractivity contribution in [3.05, 3.63) is 72.6 Å². The normalized spacial score (nSPS) is 11.2. The van der Waals surface area contributed by atoms with E-state index in [2.05, 4.69) is 6.07 Å². The molecule has 5 aromatic rings. The molecule has 5 heteroatoms. The zero-order chi connectivity index (χ0) is 17.7. The first-order valence-corrected chi connectivity index (χ1v) is 8.26. The van der Waals surface area contributed by atoms with Crippen LogP contribution in [0.4, 0.5) is 0 Å². The molecule has 0 amide bonds. The molecule has 5 rings (SSSR count). The third-order valence-electron chi connectivity index (χ3n) is 4.72. The first-order valence-electron chi connectivity index (χ1n) is 8.26. The van der Waals surface area contributed by atoms with Crippen molar-refractivity contribution in [1.82, 2.24) is 13.8 Å². The topological polar surface area (TPSA) is 54.7 Å². The summed E-state index contributed by atoms with van der Waals surface area (Å²) in [5, 5.41) is 10.6. The SMILES string of the molecule is COc1ccc(-c2nc3c(c(C#N)c4ccccn43)c3cccn23)cc1.